The van der Waals surface area contributed by atoms with E-state index in [9.17, 15) is 9.59 Å². The highest BCUT2D eigenvalue weighted by atomic mass is 35.5. The Balaban J connectivity index is 2.76. The largest absolute Gasteiger partial charge is 0.329 e. The Bertz CT molecular complexity index is 758. The summed E-state index contributed by atoms with van der Waals surface area (Å²) in [5.41, 5.74) is 1.33. The fourth-order valence-electron chi connectivity index (χ4n) is 2.56. The smallest absolute Gasteiger partial charge is 0.297 e. The van der Waals surface area contributed by atoms with Gasteiger partial charge in [-0.25, -0.2) is 4.79 Å². The number of aryl methyl sites for hydroxylation is 1. The molecule has 0 atom stereocenters. The highest BCUT2D eigenvalue weighted by Gasteiger charge is 2.18. The van der Waals surface area contributed by atoms with Gasteiger partial charge in [-0.05, 0) is 25.3 Å². The van der Waals surface area contributed by atoms with Crippen LogP contribution in [-0.4, -0.2) is 9.55 Å². The van der Waals surface area contributed by atoms with Gasteiger partial charge >= 0.3 is 5.69 Å². The zero-order chi connectivity index (χ0) is 15.6. The van der Waals surface area contributed by atoms with Crippen molar-refractivity contribution in [1.82, 2.24) is 9.55 Å². The van der Waals surface area contributed by atoms with Gasteiger partial charge < -0.3 is 0 Å². The fraction of sp³-hybridized carbons (Fsp3) is 0.375. The van der Waals surface area contributed by atoms with Crippen molar-refractivity contribution in [3.63, 3.8) is 0 Å². The number of hydrogen-bond donors (Lipinski definition) is 1. The predicted molar refractivity (Wildman–Crippen MR) is 86.1 cm³/mol. The number of nitrogens with zero attached hydrogens (tertiary/aromatic N) is 1. The molecule has 0 spiro atoms. The molecule has 1 aromatic carbocycles. The molecule has 0 radical (unpaired) electrons. The second-order valence-corrected chi connectivity index (χ2v) is 5.51. The van der Waals surface area contributed by atoms with Crippen molar-refractivity contribution in [3.05, 3.63) is 55.8 Å². The van der Waals surface area contributed by atoms with Crippen molar-refractivity contribution in [2.24, 2.45) is 0 Å². The lowest BCUT2D eigenvalue weighted by Crippen LogP contribution is -2.38. The lowest BCUT2D eigenvalue weighted by atomic mass is 10.1. The number of aromatic nitrogens is 2. The van der Waals surface area contributed by atoms with Gasteiger partial charge in [-0.3, -0.25) is 14.3 Å². The number of nitrogens with one attached hydrogen (secondary N) is 1. The Kier molecular flexibility index (Phi) is 4.68. The van der Waals surface area contributed by atoms with Crippen LogP contribution in [0.25, 0.3) is 11.1 Å². The van der Waals surface area contributed by atoms with Gasteiger partial charge in [0.1, 0.15) is 5.15 Å². The predicted octanol–water partition coefficient (Wildman–Crippen LogP) is 3.53. The Hall–Kier alpha value is -1.81. The van der Waals surface area contributed by atoms with Crippen molar-refractivity contribution in [2.75, 3.05) is 0 Å². The number of rotatable bonds is 4. The van der Waals surface area contributed by atoms with Crippen LogP contribution < -0.4 is 11.2 Å². The molecule has 1 N–H and O–H groups in total. The summed E-state index contributed by atoms with van der Waals surface area (Å²) in [7, 11) is 0. The molecule has 5 heteroatoms. The molecule has 0 saturated carbocycles. The molecule has 0 saturated heterocycles. The van der Waals surface area contributed by atoms with Gasteiger partial charge in [0.05, 0.1) is 5.56 Å². The lowest BCUT2D eigenvalue weighted by Gasteiger charge is -2.16. The summed E-state index contributed by atoms with van der Waals surface area (Å²) in [6.45, 7) is 5.87. The fourth-order valence-corrected chi connectivity index (χ4v) is 2.83. The Morgan fingerprint density at radius 3 is 2.48 bits per heavy atom. The Labute approximate surface area is 128 Å². The van der Waals surface area contributed by atoms with Crippen molar-refractivity contribution >= 4 is 11.6 Å². The standard InChI is InChI=1S/C16H19ClN2O2/c1-4-12(5-2)19-15(20)13(14(17)18-16(19)21)11-8-6-7-10(3)9-11/h6-9,12H,4-5H2,1-3H3,(H,18,21). The molecule has 0 aliphatic carbocycles. The molecular formula is C16H19ClN2O2. The summed E-state index contributed by atoms with van der Waals surface area (Å²) in [6, 6.07) is 7.40. The molecule has 0 amide bonds. The highest BCUT2D eigenvalue weighted by molar-refractivity contribution is 6.32. The maximum Gasteiger partial charge on any atom is 0.329 e. The van der Waals surface area contributed by atoms with E-state index < -0.39 is 5.69 Å². The maximum absolute atomic E-state index is 12.7. The first-order valence-electron chi connectivity index (χ1n) is 7.10. The van der Waals surface area contributed by atoms with E-state index in [1.165, 1.54) is 4.57 Å². The molecule has 112 valence electrons. The van der Waals surface area contributed by atoms with Gasteiger partial charge in [-0.1, -0.05) is 55.3 Å². The van der Waals surface area contributed by atoms with Gasteiger partial charge in [0.2, 0.25) is 0 Å². The van der Waals surface area contributed by atoms with Crippen LogP contribution in [0.5, 0.6) is 0 Å². The zero-order valence-electron chi connectivity index (χ0n) is 12.4. The van der Waals surface area contributed by atoms with Crippen LogP contribution in [0.15, 0.2) is 33.9 Å². The molecule has 4 nitrogen and oxygen atoms in total. The van der Waals surface area contributed by atoms with Crippen molar-refractivity contribution in [3.8, 4) is 11.1 Å². The molecule has 21 heavy (non-hydrogen) atoms. The average Bonchev–Trinajstić information content (AvgIpc) is 2.43. The number of hydrogen-bond acceptors (Lipinski definition) is 2. The number of H-pyrrole nitrogens is 1. The second kappa shape index (κ2) is 6.31. The Morgan fingerprint density at radius 2 is 1.90 bits per heavy atom. The summed E-state index contributed by atoms with van der Waals surface area (Å²) in [6.07, 6.45) is 1.43. The molecule has 0 aliphatic rings. The zero-order valence-corrected chi connectivity index (χ0v) is 13.2. The van der Waals surface area contributed by atoms with Crippen LogP contribution in [-0.2, 0) is 0 Å². The maximum atomic E-state index is 12.7. The van der Waals surface area contributed by atoms with E-state index in [1.54, 1.807) is 0 Å². The molecule has 2 aromatic rings. The summed E-state index contributed by atoms with van der Waals surface area (Å²) in [5.74, 6) is 0. The third-order valence-electron chi connectivity index (χ3n) is 3.70. The van der Waals surface area contributed by atoms with E-state index >= 15 is 0 Å². The van der Waals surface area contributed by atoms with E-state index in [-0.39, 0.29) is 16.8 Å². The molecule has 0 aliphatic heterocycles. The molecular weight excluding hydrogens is 288 g/mol. The molecule has 0 bridgehead atoms. The molecule has 1 heterocycles. The van der Waals surface area contributed by atoms with Crippen molar-refractivity contribution in [1.29, 1.82) is 0 Å². The third kappa shape index (κ3) is 2.95. The third-order valence-corrected chi connectivity index (χ3v) is 3.99. The summed E-state index contributed by atoms with van der Waals surface area (Å²) in [5, 5.41) is 0.0952. The van der Waals surface area contributed by atoms with Crippen molar-refractivity contribution < 1.29 is 0 Å². The minimum absolute atomic E-state index is 0.0952. The normalized spacial score (nSPS) is 11.1. The van der Waals surface area contributed by atoms with Gasteiger partial charge in [0.25, 0.3) is 5.56 Å². The van der Waals surface area contributed by atoms with Gasteiger partial charge in [0, 0.05) is 6.04 Å². The van der Waals surface area contributed by atoms with Crippen LogP contribution in [0.4, 0.5) is 0 Å². The first-order valence-corrected chi connectivity index (χ1v) is 7.48. The Morgan fingerprint density at radius 1 is 1.24 bits per heavy atom. The van der Waals surface area contributed by atoms with Crippen LogP contribution in [0.3, 0.4) is 0 Å². The van der Waals surface area contributed by atoms with E-state index in [4.69, 9.17) is 11.6 Å². The van der Waals surface area contributed by atoms with Gasteiger partial charge in [-0.2, -0.15) is 0 Å². The minimum Gasteiger partial charge on any atom is -0.297 e. The molecule has 0 fully saturated rings. The van der Waals surface area contributed by atoms with Crippen LogP contribution >= 0.6 is 11.6 Å². The topological polar surface area (TPSA) is 54.9 Å². The van der Waals surface area contributed by atoms with E-state index in [0.29, 0.717) is 18.4 Å². The quantitative estimate of drug-likeness (QED) is 0.879. The van der Waals surface area contributed by atoms with Gasteiger partial charge in [0.15, 0.2) is 0 Å². The summed E-state index contributed by atoms with van der Waals surface area (Å²) < 4.78 is 1.28. The van der Waals surface area contributed by atoms with E-state index in [1.807, 2.05) is 45.0 Å². The van der Waals surface area contributed by atoms with E-state index in [0.717, 1.165) is 11.1 Å². The number of aromatic amines is 1. The number of benzene rings is 1. The SMILES string of the molecule is CCC(CC)n1c(=O)[nH]c(Cl)c(-c2cccc(C)c2)c1=O. The van der Waals surface area contributed by atoms with Crippen LogP contribution in [0.2, 0.25) is 5.15 Å². The highest BCUT2D eigenvalue weighted by Crippen LogP contribution is 2.23. The minimum atomic E-state index is -0.449. The lowest BCUT2D eigenvalue weighted by molar-refractivity contribution is 0.440. The second-order valence-electron chi connectivity index (χ2n) is 5.13. The monoisotopic (exact) mass is 306 g/mol. The molecule has 2 rings (SSSR count). The van der Waals surface area contributed by atoms with E-state index in [2.05, 4.69) is 4.98 Å². The molecule has 1 aromatic heterocycles. The van der Waals surface area contributed by atoms with Crippen LogP contribution in [0.1, 0.15) is 38.3 Å². The first kappa shape index (κ1) is 15.6. The first-order chi connectivity index (χ1) is 9.99. The summed E-state index contributed by atoms with van der Waals surface area (Å²) in [4.78, 5) is 27.4. The number of halogens is 1. The van der Waals surface area contributed by atoms with Gasteiger partial charge in [-0.15, -0.1) is 0 Å². The summed E-state index contributed by atoms with van der Waals surface area (Å²) >= 11 is 6.12. The van der Waals surface area contributed by atoms with Crippen molar-refractivity contribution in [2.45, 2.75) is 39.7 Å². The molecule has 0 unspecified atom stereocenters. The van der Waals surface area contributed by atoms with Crippen LogP contribution in [0, 0.1) is 6.92 Å². The average molecular weight is 307 g/mol.